The molecule has 3 nitrogen and oxygen atoms in total. The lowest BCUT2D eigenvalue weighted by Gasteiger charge is -2.36. The maximum Gasteiger partial charge on any atom is 0.227 e. The molecule has 1 fully saturated rings. The summed E-state index contributed by atoms with van der Waals surface area (Å²) in [4.78, 5) is 12.4. The van der Waals surface area contributed by atoms with Crippen molar-refractivity contribution in [2.45, 2.75) is 46.5 Å². The molecule has 0 atom stereocenters. The molecule has 0 unspecified atom stereocenters. The Morgan fingerprint density at radius 1 is 1.14 bits per heavy atom. The molecule has 2 rings (SSSR count). The molecular formula is C18H27NO2. The number of hydrogen-bond donors (Lipinski definition) is 1. The Bertz CT molecular complexity index is 482. The van der Waals surface area contributed by atoms with Crippen molar-refractivity contribution in [3.63, 3.8) is 0 Å². The monoisotopic (exact) mass is 289 g/mol. The highest BCUT2D eigenvalue weighted by atomic mass is 16.5. The van der Waals surface area contributed by atoms with Gasteiger partial charge in [0.15, 0.2) is 0 Å². The summed E-state index contributed by atoms with van der Waals surface area (Å²) in [5, 5.41) is 3.02. The number of carbonyl (C=O) groups excluding carboxylic acids is 1. The number of anilines is 1. The Kier molecular flexibility index (Phi) is 4.92. The molecule has 0 aliphatic heterocycles. The largest absolute Gasteiger partial charge is 0.495 e. The number of hydrogen-bond acceptors (Lipinski definition) is 2. The Balaban J connectivity index is 1.94. The van der Waals surface area contributed by atoms with Crippen molar-refractivity contribution in [2.75, 3.05) is 12.4 Å². The number of nitrogens with one attached hydrogen (secondary N) is 1. The zero-order valence-corrected chi connectivity index (χ0v) is 13.6. The summed E-state index contributed by atoms with van der Waals surface area (Å²) in [7, 11) is 1.62. The second-order valence-electron chi connectivity index (χ2n) is 7.10. The number of methoxy groups -OCH3 is 1. The van der Waals surface area contributed by atoms with Gasteiger partial charge in [0.25, 0.3) is 0 Å². The summed E-state index contributed by atoms with van der Waals surface area (Å²) in [6.45, 7) is 6.90. The Morgan fingerprint density at radius 3 is 2.33 bits per heavy atom. The van der Waals surface area contributed by atoms with Crippen LogP contribution in [0, 0.1) is 17.3 Å². The highest BCUT2D eigenvalue weighted by molar-refractivity contribution is 5.93. The molecule has 1 saturated carbocycles. The third-order valence-electron chi connectivity index (χ3n) is 4.69. The second-order valence-corrected chi connectivity index (χ2v) is 7.10. The average Bonchev–Trinajstić information content (AvgIpc) is 2.47. The molecule has 1 aliphatic rings. The van der Waals surface area contributed by atoms with Gasteiger partial charge in [-0.05, 0) is 49.1 Å². The van der Waals surface area contributed by atoms with Gasteiger partial charge in [0, 0.05) is 5.92 Å². The molecule has 0 radical (unpaired) electrons. The maximum absolute atomic E-state index is 12.4. The lowest BCUT2D eigenvalue weighted by Crippen LogP contribution is -2.31. The van der Waals surface area contributed by atoms with Crippen LogP contribution in [0.1, 0.15) is 46.5 Å². The zero-order chi connectivity index (χ0) is 15.5. The average molecular weight is 289 g/mol. The maximum atomic E-state index is 12.4. The number of benzene rings is 1. The topological polar surface area (TPSA) is 38.3 Å². The van der Waals surface area contributed by atoms with Gasteiger partial charge in [-0.15, -0.1) is 0 Å². The molecule has 1 aliphatic carbocycles. The number of rotatable bonds is 3. The summed E-state index contributed by atoms with van der Waals surface area (Å²) >= 11 is 0. The van der Waals surface area contributed by atoms with Crippen LogP contribution in [0.25, 0.3) is 0 Å². The van der Waals surface area contributed by atoms with Gasteiger partial charge in [0.05, 0.1) is 12.8 Å². The van der Waals surface area contributed by atoms with Crippen molar-refractivity contribution in [1.82, 2.24) is 0 Å². The SMILES string of the molecule is COc1ccccc1NC(=O)C1CCC(C(C)(C)C)CC1. The molecule has 0 saturated heterocycles. The van der Waals surface area contributed by atoms with Crippen LogP contribution in [0.3, 0.4) is 0 Å². The second kappa shape index (κ2) is 6.50. The first-order chi connectivity index (χ1) is 9.91. The standard InChI is InChI=1S/C18H27NO2/c1-18(2,3)14-11-9-13(10-12-14)17(20)19-15-7-5-6-8-16(15)21-4/h5-8,13-14H,9-12H2,1-4H3,(H,19,20). The highest BCUT2D eigenvalue weighted by Crippen LogP contribution is 2.40. The third kappa shape index (κ3) is 3.99. The lowest BCUT2D eigenvalue weighted by molar-refractivity contribution is -0.121. The molecule has 1 aromatic carbocycles. The highest BCUT2D eigenvalue weighted by Gasteiger charge is 2.32. The van der Waals surface area contributed by atoms with Gasteiger partial charge in [0.1, 0.15) is 5.75 Å². The van der Waals surface area contributed by atoms with Crippen molar-refractivity contribution in [3.05, 3.63) is 24.3 Å². The van der Waals surface area contributed by atoms with Gasteiger partial charge < -0.3 is 10.1 Å². The minimum atomic E-state index is 0.131. The number of para-hydroxylation sites is 2. The molecular weight excluding hydrogens is 262 g/mol. The van der Waals surface area contributed by atoms with Gasteiger partial charge >= 0.3 is 0 Å². The van der Waals surface area contributed by atoms with Crippen LogP contribution in [0.5, 0.6) is 5.75 Å². The molecule has 3 heteroatoms. The predicted molar refractivity (Wildman–Crippen MR) is 86.5 cm³/mol. The first-order valence-corrected chi connectivity index (χ1v) is 7.85. The quantitative estimate of drug-likeness (QED) is 0.890. The summed E-state index contributed by atoms with van der Waals surface area (Å²) < 4.78 is 5.28. The summed E-state index contributed by atoms with van der Waals surface area (Å²) in [6, 6.07) is 7.57. The fourth-order valence-electron chi connectivity index (χ4n) is 3.20. The van der Waals surface area contributed by atoms with Crippen LogP contribution < -0.4 is 10.1 Å². The van der Waals surface area contributed by atoms with E-state index in [1.165, 1.54) is 0 Å². The van der Waals surface area contributed by atoms with Crippen molar-refractivity contribution in [1.29, 1.82) is 0 Å². The first kappa shape index (κ1) is 15.9. The fourth-order valence-corrected chi connectivity index (χ4v) is 3.20. The van der Waals surface area contributed by atoms with Crippen molar-refractivity contribution in [3.8, 4) is 5.75 Å². The van der Waals surface area contributed by atoms with E-state index in [0.717, 1.165) is 37.3 Å². The Labute approximate surface area is 128 Å². The Morgan fingerprint density at radius 2 is 1.76 bits per heavy atom. The molecule has 21 heavy (non-hydrogen) atoms. The van der Waals surface area contributed by atoms with Crippen LogP contribution in [0.15, 0.2) is 24.3 Å². The minimum absolute atomic E-state index is 0.131. The van der Waals surface area contributed by atoms with E-state index in [1.807, 2.05) is 24.3 Å². The summed E-state index contributed by atoms with van der Waals surface area (Å²) in [6.07, 6.45) is 4.27. The minimum Gasteiger partial charge on any atom is -0.495 e. The number of carbonyl (C=O) groups is 1. The van der Waals surface area contributed by atoms with Gasteiger partial charge in [-0.25, -0.2) is 0 Å². The van der Waals surface area contributed by atoms with Gasteiger partial charge in [0.2, 0.25) is 5.91 Å². The van der Waals surface area contributed by atoms with E-state index in [9.17, 15) is 4.79 Å². The van der Waals surface area contributed by atoms with Crippen LogP contribution >= 0.6 is 0 Å². The predicted octanol–water partition coefficient (Wildman–Crippen LogP) is 4.49. The molecule has 1 N–H and O–H groups in total. The van der Waals surface area contributed by atoms with E-state index in [0.29, 0.717) is 11.2 Å². The van der Waals surface area contributed by atoms with Crippen molar-refractivity contribution in [2.24, 2.45) is 17.3 Å². The smallest absolute Gasteiger partial charge is 0.227 e. The molecule has 116 valence electrons. The molecule has 1 amide bonds. The molecule has 0 spiro atoms. The van der Waals surface area contributed by atoms with E-state index >= 15 is 0 Å². The number of ether oxygens (including phenoxy) is 1. The van der Waals surface area contributed by atoms with E-state index in [4.69, 9.17) is 4.74 Å². The fraction of sp³-hybridized carbons (Fsp3) is 0.611. The van der Waals surface area contributed by atoms with Crippen LogP contribution in [-0.2, 0) is 4.79 Å². The van der Waals surface area contributed by atoms with Gasteiger partial charge in [-0.2, -0.15) is 0 Å². The number of amides is 1. The summed E-state index contributed by atoms with van der Waals surface area (Å²) in [5.41, 5.74) is 1.12. The van der Waals surface area contributed by atoms with Crippen molar-refractivity contribution >= 4 is 11.6 Å². The lowest BCUT2D eigenvalue weighted by atomic mass is 9.69. The van der Waals surface area contributed by atoms with Gasteiger partial charge in [-0.1, -0.05) is 32.9 Å². The molecule has 0 heterocycles. The molecule has 0 bridgehead atoms. The van der Waals surface area contributed by atoms with E-state index in [1.54, 1.807) is 7.11 Å². The van der Waals surface area contributed by atoms with E-state index in [-0.39, 0.29) is 11.8 Å². The normalized spacial score (nSPS) is 22.7. The Hall–Kier alpha value is -1.51. The van der Waals surface area contributed by atoms with Crippen LogP contribution in [0.4, 0.5) is 5.69 Å². The van der Waals surface area contributed by atoms with Crippen molar-refractivity contribution < 1.29 is 9.53 Å². The molecule has 0 aromatic heterocycles. The van der Waals surface area contributed by atoms with Crippen LogP contribution in [0.2, 0.25) is 0 Å². The van der Waals surface area contributed by atoms with E-state index < -0.39 is 0 Å². The first-order valence-electron chi connectivity index (χ1n) is 7.85. The van der Waals surface area contributed by atoms with Crippen LogP contribution in [-0.4, -0.2) is 13.0 Å². The summed E-state index contributed by atoms with van der Waals surface area (Å²) in [5.74, 6) is 1.71. The van der Waals surface area contributed by atoms with E-state index in [2.05, 4.69) is 26.1 Å². The van der Waals surface area contributed by atoms with Gasteiger partial charge in [-0.3, -0.25) is 4.79 Å². The molecule has 1 aromatic rings. The zero-order valence-electron chi connectivity index (χ0n) is 13.6. The third-order valence-corrected chi connectivity index (χ3v) is 4.69.